The summed E-state index contributed by atoms with van der Waals surface area (Å²) in [6.45, 7) is 0.643. The average Bonchev–Trinajstić information content (AvgIpc) is 3.16. The Kier molecular flexibility index (Phi) is 5.47. The standard InChI is InChI=1S/C18H20Cl2N2O2/c19-13-9-14(20)11-15(10-13)21-18(24)16-6-3-7-22(16)17(23)8-12-4-1-2-5-12/h1,4,9-12,16H,2-3,5-8H2,(H,21,24)/t12-,16-/m1/s1. The van der Waals surface area contributed by atoms with Crippen molar-refractivity contribution in [1.29, 1.82) is 0 Å². The summed E-state index contributed by atoms with van der Waals surface area (Å²) in [6, 6.07) is 4.49. The lowest BCUT2D eigenvalue weighted by Crippen LogP contribution is -2.43. The van der Waals surface area contributed by atoms with Crippen molar-refractivity contribution in [1.82, 2.24) is 4.90 Å². The summed E-state index contributed by atoms with van der Waals surface area (Å²) in [7, 11) is 0. The molecule has 1 heterocycles. The van der Waals surface area contributed by atoms with Crippen LogP contribution in [0.3, 0.4) is 0 Å². The number of rotatable bonds is 4. The minimum atomic E-state index is -0.416. The molecule has 0 bridgehead atoms. The lowest BCUT2D eigenvalue weighted by molar-refractivity contribution is -0.137. The van der Waals surface area contributed by atoms with Gasteiger partial charge in [-0.15, -0.1) is 0 Å². The Morgan fingerprint density at radius 3 is 2.58 bits per heavy atom. The third-order valence-corrected chi connectivity index (χ3v) is 4.99. The fraction of sp³-hybridized carbons (Fsp3) is 0.444. The van der Waals surface area contributed by atoms with Crippen LogP contribution in [-0.2, 0) is 9.59 Å². The number of hydrogen-bond acceptors (Lipinski definition) is 2. The predicted octanol–water partition coefficient (Wildman–Crippen LogP) is 4.28. The van der Waals surface area contributed by atoms with E-state index in [-0.39, 0.29) is 11.8 Å². The molecule has 3 rings (SSSR count). The number of anilines is 1. The van der Waals surface area contributed by atoms with Gasteiger partial charge in [0, 0.05) is 28.7 Å². The maximum absolute atomic E-state index is 12.6. The van der Waals surface area contributed by atoms with E-state index in [4.69, 9.17) is 23.2 Å². The molecule has 1 aromatic carbocycles. The normalized spacial score (nSPS) is 22.8. The van der Waals surface area contributed by atoms with Crippen molar-refractivity contribution in [3.8, 4) is 0 Å². The number of nitrogens with zero attached hydrogens (tertiary/aromatic N) is 1. The van der Waals surface area contributed by atoms with Gasteiger partial charge in [0.15, 0.2) is 0 Å². The fourth-order valence-corrected chi connectivity index (χ4v) is 3.92. The third-order valence-electron chi connectivity index (χ3n) is 4.56. The Bertz CT molecular complexity index is 655. The highest BCUT2D eigenvalue weighted by atomic mass is 35.5. The van der Waals surface area contributed by atoms with Gasteiger partial charge in [-0.1, -0.05) is 35.4 Å². The van der Waals surface area contributed by atoms with E-state index in [1.165, 1.54) is 0 Å². The number of hydrogen-bond donors (Lipinski definition) is 1. The smallest absolute Gasteiger partial charge is 0.247 e. The zero-order valence-corrected chi connectivity index (χ0v) is 14.8. The first kappa shape index (κ1) is 17.3. The molecule has 1 N–H and O–H groups in total. The summed E-state index contributed by atoms with van der Waals surface area (Å²) >= 11 is 11.9. The average molecular weight is 367 g/mol. The molecule has 1 aliphatic carbocycles. The van der Waals surface area contributed by atoms with Gasteiger partial charge in [0.1, 0.15) is 6.04 Å². The molecule has 2 amide bonds. The Morgan fingerprint density at radius 2 is 1.92 bits per heavy atom. The van der Waals surface area contributed by atoms with Gasteiger partial charge in [-0.25, -0.2) is 0 Å². The number of carbonyl (C=O) groups excluding carboxylic acids is 2. The van der Waals surface area contributed by atoms with Crippen molar-refractivity contribution in [3.05, 3.63) is 40.4 Å². The lowest BCUT2D eigenvalue weighted by Gasteiger charge is -2.25. The molecule has 0 saturated carbocycles. The van der Waals surface area contributed by atoms with E-state index < -0.39 is 6.04 Å². The molecule has 1 saturated heterocycles. The Labute approximate surface area is 151 Å². The quantitative estimate of drug-likeness (QED) is 0.808. The molecule has 128 valence electrons. The van der Waals surface area contributed by atoms with E-state index in [1.54, 1.807) is 23.1 Å². The maximum atomic E-state index is 12.6. The van der Waals surface area contributed by atoms with Gasteiger partial charge in [-0.3, -0.25) is 9.59 Å². The minimum Gasteiger partial charge on any atom is -0.331 e. The molecular weight excluding hydrogens is 347 g/mol. The van der Waals surface area contributed by atoms with Crippen LogP contribution < -0.4 is 5.32 Å². The summed E-state index contributed by atoms with van der Waals surface area (Å²) in [4.78, 5) is 26.8. The molecule has 6 heteroatoms. The van der Waals surface area contributed by atoms with Gasteiger partial charge in [0.05, 0.1) is 0 Å². The largest absolute Gasteiger partial charge is 0.331 e. The molecule has 2 aliphatic rings. The van der Waals surface area contributed by atoms with Gasteiger partial charge < -0.3 is 10.2 Å². The first-order valence-corrected chi connectivity index (χ1v) is 9.01. The minimum absolute atomic E-state index is 0.0633. The van der Waals surface area contributed by atoms with Crippen LogP contribution in [0.1, 0.15) is 32.1 Å². The molecular formula is C18H20Cl2N2O2. The number of halogens is 2. The second kappa shape index (κ2) is 7.58. The maximum Gasteiger partial charge on any atom is 0.247 e. The Hall–Kier alpha value is -1.52. The Morgan fingerprint density at radius 1 is 1.17 bits per heavy atom. The second-order valence-corrected chi connectivity index (χ2v) is 7.24. The van der Waals surface area contributed by atoms with E-state index in [1.807, 2.05) is 0 Å². The van der Waals surface area contributed by atoms with E-state index in [0.29, 0.717) is 41.0 Å². The monoisotopic (exact) mass is 366 g/mol. The molecule has 0 radical (unpaired) electrons. The molecule has 0 unspecified atom stereocenters. The Balaban J connectivity index is 1.64. The highest BCUT2D eigenvalue weighted by Gasteiger charge is 2.34. The van der Waals surface area contributed by atoms with E-state index in [9.17, 15) is 9.59 Å². The van der Waals surface area contributed by atoms with Gasteiger partial charge in [-0.2, -0.15) is 0 Å². The van der Waals surface area contributed by atoms with Crippen molar-refractivity contribution >= 4 is 40.7 Å². The summed E-state index contributed by atoms with van der Waals surface area (Å²) in [6.07, 6.45) is 8.32. The molecule has 1 aromatic rings. The molecule has 1 aliphatic heterocycles. The van der Waals surface area contributed by atoms with Crippen molar-refractivity contribution < 1.29 is 9.59 Å². The zero-order valence-electron chi connectivity index (χ0n) is 13.3. The van der Waals surface area contributed by atoms with Crippen LogP contribution >= 0.6 is 23.2 Å². The molecule has 2 atom stereocenters. The highest BCUT2D eigenvalue weighted by Crippen LogP contribution is 2.27. The first-order valence-electron chi connectivity index (χ1n) is 8.26. The van der Waals surface area contributed by atoms with Crippen LogP contribution in [-0.4, -0.2) is 29.3 Å². The third kappa shape index (κ3) is 4.11. The number of carbonyl (C=O) groups is 2. The van der Waals surface area contributed by atoms with Crippen LogP contribution in [0.15, 0.2) is 30.4 Å². The number of allylic oxidation sites excluding steroid dienone is 2. The lowest BCUT2D eigenvalue weighted by atomic mass is 10.0. The van der Waals surface area contributed by atoms with Crippen molar-refractivity contribution in [2.75, 3.05) is 11.9 Å². The number of amides is 2. The van der Waals surface area contributed by atoms with Crippen molar-refractivity contribution in [2.45, 2.75) is 38.1 Å². The van der Waals surface area contributed by atoms with Gasteiger partial charge in [0.25, 0.3) is 0 Å². The summed E-state index contributed by atoms with van der Waals surface area (Å²) < 4.78 is 0. The molecule has 24 heavy (non-hydrogen) atoms. The van der Waals surface area contributed by atoms with Crippen LogP contribution in [0.2, 0.25) is 10.0 Å². The number of nitrogens with one attached hydrogen (secondary N) is 1. The topological polar surface area (TPSA) is 49.4 Å². The number of likely N-dealkylation sites (tertiary alicyclic amines) is 1. The van der Waals surface area contributed by atoms with Crippen LogP contribution in [0.25, 0.3) is 0 Å². The second-order valence-electron chi connectivity index (χ2n) is 6.36. The first-order chi connectivity index (χ1) is 11.5. The summed E-state index contributed by atoms with van der Waals surface area (Å²) in [5.41, 5.74) is 0.551. The number of benzene rings is 1. The zero-order chi connectivity index (χ0) is 17.1. The van der Waals surface area contributed by atoms with E-state index in [2.05, 4.69) is 17.5 Å². The predicted molar refractivity (Wildman–Crippen MR) is 96.3 cm³/mol. The molecule has 0 spiro atoms. The summed E-state index contributed by atoms with van der Waals surface area (Å²) in [5, 5.41) is 3.75. The van der Waals surface area contributed by atoms with Gasteiger partial charge >= 0.3 is 0 Å². The highest BCUT2D eigenvalue weighted by molar-refractivity contribution is 6.35. The summed E-state index contributed by atoms with van der Waals surface area (Å²) in [5.74, 6) is 0.197. The van der Waals surface area contributed by atoms with Crippen LogP contribution in [0, 0.1) is 5.92 Å². The van der Waals surface area contributed by atoms with E-state index in [0.717, 1.165) is 19.3 Å². The van der Waals surface area contributed by atoms with E-state index >= 15 is 0 Å². The van der Waals surface area contributed by atoms with Gasteiger partial charge in [-0.05, 0) is 49.8 Å². The van der Waals surface area contributed by atoms with Crippen molar-refractivity contribution in [2.24, 2.45) is 5.92 Å². The van der Waals surface area contributed by atoms with Crippen LogP contribution in [0.4, 0.5) is 5.69 Å². The van der Waals surface area contributed by atoms with Crippen molar-refractivity contribution in [3.63, 3.8) is 0 Å². The van der Waals surface area contributed by atoms with Crippen LogP contribution in [0.5, 0.6) is 0 Å². The fourth-order valence-electron chi connectivity index (χ4n) is 3.40. The SMILES string of the molecule is O=C(Nc1cc(Cl)cc(Cl)c1)[C@H]1CCCN1C(=O)C[C@@H]1C=CCC1. The molecule has 0 aromatic heterocycles. The van der Waals surface area contributed by atoms with Gasteiger partial charge in [0.2, 0.25) is 11.8 Å². The molecule has 1 fully saturated rings. The molecule has 4 nitrogen and oxygen atoms in total.